The van der Waals surface area contributed by atoms with Gasteiger partial charge in [-0.2, -0.15) is 0 Å². The number of halogens is 2. The summed E-state index contributed by atoms with van der Waals surface area (Å²) in [7, 11) is -7.41. The summed E-state index contributed by atoms with van der Waals surface area (Å²) in [5.74, 6) is -0.324. The summed E-state index contributed by atoms with van der Waals surface area (Å²) in [4.78, 5) is 12.4. The van der Waals surface area contributed by atoms with Gasteiger partial charge in [0.05, 0.1) is 22.5 Å². The Morgan fingerprint density at radius 2 is 1.44 bits per heavy atom. The molecule has 1 amide bonds. The molecule has 0 saturated heterocycles. The van der Waals surface area contributed by atoms with Crippen LogP contribution in [0.1, 0.15) is 18.4 Å². The van der Waals surface area contributed by atoms with Crippen LogP contribution in [0.25, 0.3) is 0 Å². The highest BCUT2D eigenvalue weighted by atomic mass is 35.5. The zero-order valence-corrected chi connectivity index (χ0v) is 22.7. The van der Waals surface area contributed by atoms with Crippen molar-refractivity contribution in [2.24, 2.45) is 0 Å². The molecule has 0 atom stereocenters. The van der Waals surface area contributed by atoms with Gasteiger partial charge in [-0.1, -0.05) is 40.9 Å². The van der Waals surface area contributed by atoms with E-state index in [1.54, 1.807) is 12.1 Å². The van der Waals surface area contributed by atoms with Crippen LogP contribution in [0, 0.1) is 6.92 Å². The van der Waals surface area contributed by atoms with E-state index in [4.69, 9.17) is 23.2 Å². The number of anilines is 3. The molecule has 36 heavy (non-hydrogen) atoms. The third-order valence-corrected chi connectivity index (χ3v) is 8.08. The molecule has 3 rings (SSSR count). The average Bonchev–Trinajstić information content (AvgIpc) is 2.76. The Balaban J connectivity index is 1.58. The number of rotatable bonds is 10. The van der Waals surface area contributed by atoms with E-state index in [1.807, 2.05) is 19.1 Å². The van der Waals surface area contributed by atoms with Crippen molar-refractivity contribution in [3.63, 3.8) is 0 Å². The average molecular weight is 571 g/mol. The smallest absolute Gasteiger partial charge is 0.261 e. The molecule has 0 aliphatic rings. The maximum absolute atomic E-state index is 12.6. The van der Waals surface area contributed by atoms with Crippen LogP contribution in [-0.2, 0) is 24.8 Å². The fraction of sp³-hybridized carbons (Fsp3) is 0.208. The lowest BCUT2D eigenvalue weighted by molar-refractivity contribution is -0.116. The van der Waals surface area contributed by atoms with Crippen LogP contribution in [0.3, 0.4) is 0 Å². The molecular formula is C24H25Cl2N3O5S2. The van der Waals surface area contributed by atoms with E-state index >= 15 is 0 Å². The number of aryl methyl sites for hydroxylation is 1. The van der Waals surface area contributed by atoms with Crippen molar-refractivity contribution in [1.29, 1.82) is 0 Å². The predicted molar refractivity (Wildman–Crippen MR) is 145 cm³/mol. The van der Waals surface area contributed by atoms with E-state index in [-0.39, 0.29) is 39.5 Å². The van der Waals surface area contributed by atoms with Crippen LogP contribution in [0.2, 0.25) is 10.0 Å². The number of nitrogens with zero attached hydrogens (tertiary/aromatic N) is 1. The van der Waals surface area contributed by atoms with Crippen molar-refractivity contribution in [3.05, 3.63) is 82.3 Å². The lowest BCUT2D eigenvalue weighted by Crippen LogP contribution is -2.31. The Morgan fingerprint density at radius 1 is 0.861 bits per heavy atom. The van der Waals surface area contributed by atoms with Gasteiger partial charge < -0.3 is 5.32 Å². The molecule has 3 aromatic carbocycles. The van der Waals surface area contributed by atoms with Crippen molar-refractivity contribution >= 4 is 66.2 Å². The molecule has 0 aliphatic carbocycles. The minimum atomic E-state index is -3.90. The third-order valence-electron chi connectivity index (χ3n) is 5.05. The highest BCUT2D eigenvalue weighted by Gasteiger charge is 2.18. The number of hydrogen-bond acceptors (Lipinski definition) is 5. The topological polar surface area (TPSA) is 113 Å². The number of hydrogen-bond donors (Lipinski definition) is 2. The monoisotopic (exact) mass is 569 g/mol. The maximum atomic E-state index is 12.6. The highest BCUT2D eigenvalue weighted by molar-refractivity contribution is 7.92. The summed E-state index contributed by atoms with van der Waals surface area (Å²) in [6, 6.07) is 17.1. The fourth-order valence-corrected chi connectivity index (χ4v) is 5.88. The van der Waals surface area contributed by atoms with Crippen LogP contribution in [-0.4, -0.2) is 35.5 Å². The molecule has 0 fully saturated rings. The summed E-state index contributed by atoms with van der Waals surface area (Å²) < 4.78 is 53.4. The van der Waals surface area contributed by atoms with Gasteiger partial charge in [-0.25, -0.2) is 16.8 Å². The van der Waals surface area contributed by atoms with E-state index in [2.05, 4.69) is 10.0 Å². The van der Waals surface area contributed by atoms with E-state index in [0.717, 1.165) is 11.8 Å². The van der Waals surface area contributed by atoms with Crippen LogP contribution >= 0.6 is 23.2 Å². The molecule has 0 aromatic heterocycles. The predicted octanol–water partition coefficient (Wildman–Crippen LogP) is 5.29. The Hall–Kier alpha value is -2.79. The van der Waals surface area contributed by atoms with E-state index in [1.165, 1.54) is 46.8 Å². The molecule has 2 N–H and O–H groups in total. The molecule has 192 valence electrons. The second-order valence-electron chi connectivity index (χ2n) is 8.11. The SMILES string of the molecule is Cc1ccc(N(CCCC(=O)Nc2ccc(S(=O)(=O)Nc3cc(Cl)cc(Cl)c3)cc2)S(C)(=O)=O)cc1. The van der Waals surface area contributed by atoms with E-state index < -0.39 is 20.0 Å². The van der Waals surface area contributed by atoms with Crippen molar-refractivity contribution in [2.45, 2.75) is 24.7 Å². The van der Waals surface area contributed by atoms with E-state index in [9.17, 15) is 21.6 Å². The quantitative estimate of drug-likeness (QED) is 0.344. The molecule has 0 heterocycles. The normalized spacial score (nSPS) is 11.7. The summed E-state index contributed by atoms with van der Waals surface area (Å²) in [5.41, 5.74) is 2.17. The minimum absolute atomic E-state index is 0.0153. The Bertz CT molecular complexity index is 1420. The summed E-state index contributed by atoms with van der Waals surface area (Å²) in [6.45, 7) is 2.05. The lowest BCUT2D eigenvalue weighted by atomic mass is 10.2. The molecular weight excluding hydrogens is 545 g/mol. The molecule has 0 saturated carbocycles. The standard InChI is InChI=1S/C24H25Cl2N3O5S2/c1-17-5-9-22(10-6-17)29(35(2,31)32)13-3-4-24(30)27-20-7-11-23(12-8-20)36(33,34)28-21-15-18(25)14-19(26)16-21/h5-12,14-16,28H,3-4,13H2,1-2H3,(H,27,30). The van der Waals surface area contributed by atoms with Gasteiger partial charge in [0.1, 0.15) is 0 Å². The number of amides is 1. The van der Waals surface area contributed by atoms with Gasteiger partial charge in [-0.3, -0.25) is 13.8 Å². The number of sulfonamides is 2. The molecule has 8 nitrogen and oxygen atoms in total. The molecule has 3 aromatic rings. The van der Waals surface area contributed by atoms with Crippen molar-refractivity contribution < 1.29 is 21.6 Å². The molecule has 0 aliphatic heterocycles. The van der Waals surface area contributed by atoms with E-state index in [0.29, 0.717) is 17.8 Å². The minimum Gasteiger partial charge on any atom is -0.326 e. The van der Waals surface area contributed by atoms with Gasteiger partial charge in [0.15, 0.2) is 0 Å². The Morgan fingerprint density at radius 3 is 2.00 bits per heavy atom. The van der Waals surface area contributed by atoms with Gasteiger partial charge in [0.2, 0.25) is 15.9 Å². The first-order chi connectivity index (χ1) is 16.8. The summed E-state index contributed by atoms with van der Waals surface area (Å²) >= 11 is 11.8. The first-order valence-electron chi connectivity index (χ1n) is 10.8. The Labute approximate surface area is 221 Å². The second kappa shape index (κ2) is 11.5. The largest absolute Gasteiger partial charge is 0.326 e. The Kier molecular flexibility index (Phi) is 8.89. The molecule has 0 unspecified atom stereocenters. The maximum Gasteiger partial charge on any atom is 0.261 e. The van der Waals surface area contributed by atoms with Gasteiger partial charge in [0, 0.05) is 28.7 Å². The number of benzene rings is 3. The van der Waals surface area contributed by atoms with Crippen molar-refractivity contribution in [3.8, 4) is 0 Å². The number of nitrogens with one attached hydrogen (secondary N) is 2. The zero-order chi connectivity index (χ0) is 26.5. The van der Waals surface area contributed by atoms with Crippen LogP contribution < -0.4 is 14.3 Å². The molecule has 0 bridgehead atoms. The van der Waals surface area contributed by atoms with Gasteiger partial charge in [0.25, 0.3) is 10.0 Å². The third kappa shape index (κ3) is 7.86. The fourth-order valence-electron chi connectivity index (χ4n) is 3.35. The number of carbonyl (C=O) groups excluding carboxylic acids is 1. The molecule has 0 spiro atoms. The van der Waals surface area contributed by atoms with Crippen LogP contribution in [0.5, 0.6) is 0 Å². The van der Waals surface area contributed by atoms with Crippen molar-refractivity contribution in [1.82, 2.24) is 0 Å². The van der Waals surface area contributed by atoms with Gasteiger partial charge in [-0.15, -0.1) is 0 Å². The van der Waals surface area contributed by atoms with Gasteiger partial charge in [-0.05, 0) is 67.9 Å². The van der Waals surface area contributed by atoms with Crippen LogP contribution in [0.15, 0.2) is 71.6 Å². The highest BCUT2D eigenvalue weighted by Crippen LogP contribution is 2.25. The molecule has 0 radical (unpaired) electrons. The lowest BCUT2D eigenvalue weighted by Gasteiger charge is -2.22. The summed E-state index contributed by atoms with van der Waals surface area (Å²) in [5, 5.41) is 3.27. The van der Waals surface area contributed by atoms with Crippen molar-refractivity contribution in [2.75, 3.05) is 27.1 Å². The number of carbonyl (C=O) groups is 1. The van der Waals surface area contributed by atoms with Gasteiger partial charge >= 0.3 is 0 Å². The second-order valence-corrected chi connectivity index (χ2v) is 12.6. The van der Waals surface area contributed by atoms with Crippen LogP contribution in [0.4, 0.5) is 17.1 Å². The summed E-state index contributed by atoms with van der Waals surface area (Å²) in [6.07, 6.45) is 1.50. The zero-order valence-electron chi connectivity index (χ0n) is 19.5. The molecule has 12 heteroatoms. The first kappa shape index (κ1) is 27.8. The first-order valence-corrected chi connectivity index (χ1v) is 14.9.